The molecule has 0 saturated heterocycles. The van der Waals surface area contributed by atoms with E-state index >= 15 is 0 Å². The molecule has 3 aromatic carbocycles. The van der Waals surface area contributed by atoms with Crippen molar-refractivity contribution in [1.29, 1.82) is 0 Å². The number of carbonyl (C=O) groups is 1. The highest BCUT2D eigenvalue weighted by Crippen LogP contribution is 2.29. The minimum atomic E-state index is -3.64. The maximum Gasteiger partial charge on any atom is 0.240 e. The first kappa shape index (κ1) is 21.5. The summed E-state index contributed by atoms with van der Waals surface area (Å²) in [6.07, 6.45) is 0. The number of rotatable bonds is 8. The molecular weight excluding hydrogens is 450 g/mol. The summed E-state index contributed by atoms with van der Waals surface area (Å²) in [7, 11) is -3.64. The molecule has 0 unspecified atom stereocenters. The van der Waals surface area contributed by atoms with Crippen LogP contribution in [0.15, 0.2) is 88.1 Å². The third kappa shape index (κ3) is 5.71. The number of hydrogen-bond acceptors (Lipinski definition) is 6. The van der Waals surface area contributed by atoms with Gasteiger partial charge < -0.3 is 5.32 Å². The molecule has 31 heavy (non-hydrogen) atoms. The molecule has 0 aliphatic carbocycles. The van der Waals surface area contributed by atoms with Gasteiger partial charge in [0.1, 0.15) is 0 Å². The van der Waals surface area contributed by atoms with Gasteiger partial charge in [-0.15, -0.1) is 11.3 Å². The van der Waals surface area contributed by atoms with Crippen molar-refractivity contribution in [2.24, 2.45) is 0 Å². The average molecular weight is 470 g/mol. The molecule has 0 atom stereocenters. The molecule has 0 aliphatic heterocycles. The van der Waals surface area contributed by atoms with E-state index in [1.807, 2.05) is 54.6 Å². The zero-order valence-electron chi connectivity index (χ0n) is 16.3. The molecule has 0 bridgehead atoms. The lowest BCUT2D eigenvalue weighted by atomic mass is 10.2. The molecule has 9 heteroatoms. The predicted octanol–water partition coefficient (Wildman–Crippen LogP) is 4.51. The fraction of sp³-hybridized carbons (Fsp3) is 0.0909. The topological polar surface area (TPSA) is 88.2 Å². The van der Waals surface area contributed by atoms with Crippen LogP contribution in [-0.2, 0) is 21.4 Å². The molecule has 4 rings (SSSR count). The molecule has 158 valence electrons. The zero-order valence-corrected chi connectivity index (χ0v) is 18.8. The lowest BCUT2D eigenvalue weighted by Gasteiger charge is -2.08. The second kappa shape index (κ2) is 9.61. The van der Waals surface area contributed by atoms with Gasteiger partial charge in [-0.1, -0.05) is 54.2 Å². The SMILES string of the molecule is O=C(CSc1nc2ccccc2s1)Nc1ccc(S(=O)(=O)NCc2ccccc2)cc1. The summed E-state index contributed by atoms with van der Waals surface area (Å²) in [6, 6.07) is 23.3. The van der Waals surface area contributed by atoms with Gasteiger partial charge in [-0.05, 0) is 42.0 Å². The summed E-state index contributed by atoms with van der Waals surface area (Å²) in [5, 5.41) is 2.78. The standard InChI is InChI=1S/C22H19N3O3S3/c26-21(15-29-22-25-19-8-4-5-9-20(19)30-22)24-17-10-12-18(13-11-17)31(27,28)23-14-16-6-2-1-3-7-16/h1-13,23H,14-15H2,(H,24,26). The number of sulfonamides is 1. The quantitative estimate of drug-likeness (QED) is 0.371. The smallest absolute Gasteiger partial charge is 0.240 e. The van der Waals surface area contributed by atoms with Crippen LogP contribution in [0.3, 0.4) is 0 Å². The Morgan fingerprint density at radius 3 is 2.39 bits per heavy atom. The molecule has 2 N–H and O–H groups in total. The van der Waals surface area contributed by atoms with Crippen molar-refractivity contribution in [3.05, 3.63) is 84.4 Å². The summed E-state index contributed by atoms with van der Waals surface area (Å²) < 4.78 is 29.4. The first-order valence-electron chi connectivity index (χ1n) is 9.41. The Morgan fingerprint density at radius 2 is 1.65 bits per heavy atom. The van der Waals surface area contributed by atoms with E-state index in [1.165, 1.54) is 23.9 Å². The Bertz CT molecular complexity index is 1250. The first-order chi connectivity index (χ1) is 15.0. The number of nitrogens with one attached hydrogen (secondary N) is 2. The fourth-order valence-electron chi connectivity index (χ4n) is 2.81. The minimum Gasteiger partial charge on any atom is -0.325 e. The van der Waals surface area contributed by atoms with E-state index in [9.17, 15) is 13.2 Å². The largest absolute Gasteiger partial charge is 0.325 e. The number of aromatic nitrogens is 1. The monoisotopic (exact) mass is 469 g/mol. The van der Waals surface area contributed by atoms with Crippen LogP contribution in [0.25, 0.3) is 10.2 Å². The molecule has 0 saturated carbocycles. The molecule has 0 spiro atoms. The normalized spacial score (nSPS) is 11.5. The first-order valence-corrected chi connectivity index (χ1v) is 12.7. The van der Waals surface area contributed by atoms with Crippen LogP contribution in [0.1, 0.15) is 5.56 Å². The Balaban J connectivity index is 1.31. The highest BCUT2D eigenvalue weighted by Gasteiger charge is 2.14. The summed E-state index contributed by atoms with van der Waals surface area (Å²) in [5.41, 5.74) is 2.34. The van der Waals surface area contributed by atoms with E-state index in [2.05, 4.69) is 15.0 Å². The molecule has 0 fully saturated rings. The van der Waals surface area contributed by atoms with Gasteiger partial charge >= 0.3 is 0 Å². The van der Waals surface area contributed by atoms with Crippen LogP contribution < -0.4 is 10.0 Å². The van der Waals surface area contributed by atoms with E-state index in [4.69, 9.17) is 0 Å². The van der Waals surface area contributed by atoms with Crippen LogP contribution in [-0.4, -0.2) is 25.1 Å². The molecule has 1 heterocycles. The van der Waals surface area contributed by atoms with E-state index in [1.54, 1.807) is 23.5 Å². The number of anilines is 1. The number of carbonyl (C=O) groups excluding carboxylic acids is 1. The molecule has 6 nitrogen and oxygen atoms in total. The Kier molecular flexibility index (Phi) is 6.67. The van der Waals surface area contributed by atoms with Gasteiger partial charge in [-0.3, -0.25) is 4.79 Å². The lowest BCUT2D eigenvalue weighted by Crippen LogP contribution is -2.23. The van der Waals surface area contributed by atoms with Crippen molar-refractivity contribution >= 4 is 54.9 Å². The van der Waals surface area contributed by atoms with Crippen molar-refractivity contribution in [2.45, 2.75) is 15.8 Å². The summed E-state index contributed by atoms with van der Waals surface area (Å²) in [5.74, 6) is 0.0421. The van der Waals surface area contributed by atoms with Gasteiger partial charge in [0.15, 0.2) is 4.34 Å². The van der Waals surface area contributed by atoms with Gasteiger partial charge in [0.05, 0.1) is 20.9 Å². The van der Waals surface area contributed by atoms with Gasteiger partial charge in [-0.2, -0.15) is 0 Å². The van der Waals surface area contributed by atoms with Crippen LogP contribution in [0.5, 0.6) is 0 Å². The van der Waals surface area contributed by atoms with Crippen molar-refractivity contribution in [3.63, 3.8) is 0 Å². The average Bonchev–Trinajstić information content (AvgIpc) is 3.21. The van der Waals surface area contributed by atoms with Crippen LogP contribution in [0, 0.1) is 0 Å². The number of nitrogens with zero attached hydrogens (tertiary/aromatic N) is 1. The second-order valence-electron chi connectivity index (χ2n) is 6.62. The number of para-hydroxylation sites is 1. The van der Waals surface area contributed by atoms with E-state index < -0.39 is 10.0 Å². The van der Waals surface area contributed by atoms with E-state index in [0.29, 0.717) is 5.69 Å². The number of benzene rings is 3. The van der Waals surface area contributed by atoms with Crippen LogP contribution in [0.2, 0.25) is 0 Å². The Hall–Kier alpha value is -2.72. The number of fused-ring (bicyclic) bond motifs is 1. The van der Waals surface area contributed by atoms with E-state index in [0.717, 1.165) is 20.1 Å². The predicted molar refractivity (Wildman–Crippen MR) is 126 cm³/mol. The van der Waals surface area contributed by atoms with Gasteiger partial charge in [0.25, 0.3) is 0 Å². The molecular formula is C22H19N3O3S3. The van der Waals surface area contributed by atoms with Gasteiger partial charge in [0, 0.05) is 12.2 Å². The summed E-state index contributed by atoms with van der Waals surface area (Å²) in [4.78, 5) is 16.9. The van der Waals surface area contributed by atoms with Crippen molar-refractivity contribution in [3.8, 4) is 0 Å². The fourth-order valence-corrected chi connectivity index (χ4v) is 5.70. The molecule has 1 aromatic heterocycles. The van der Waals surface area contributed by atoms with E-state index in [-0.39, 0.29) is 23.1 Å². The summed E-state index contributed by atoms with van der Waals surface area (Å²) in [6.45, 7) is 0.213. The van der Waals surface area contributed by atoms with Crippen molar-refractivity contribution < 1.29 is 13.2 Å². The number of thiazole rings is 1. The van der Waals surface area contributed by atoms with Crippen molar-refractivity contribution in [2.75, 3.05) is 11.1 Å². The molecule has 4 aromatic rings. The number of thioether (sulfide) groups is 1. The molecule has 1 amide bonds. The molecule has 0 aliphatic rings. The maximum absolute atomic E-state index is 12.5. The third-order valence-corrected chi connectivity index (χ3v) is 7.96. The lowest BCUT2D eigenvalue weighted by molar-refractivity contribution is -0.113. The number of hydrogen-bond donors (Lipinski definition) is 2. The summed E-state index contributed by atoms with van der Waals surface area (Å²) >= 11 is 2.93. The van der Waals surface area contributed by atoms with Crippen molar-refractivity contribution in [1.82, 2.24) is 9.71 Å². The highest BCUT2D eigenvalue weighted by molar-refractivity contribution is 8.01. The van der Waals surface area contributed by atoms with Gasteiger partial charge in [0.2, 0.25) is 15.9 Å². The maximum atomic E-state index is 12.5. The van der Waals surface area contributed by atoms with Crippen LogP contribution in [0.4, 0.5) is 5.69 Å². The Morgan fingerprint density at radius 1 is 0.935 bits per heavy atom. The minimum absolute atomic E-state index is 0.144. The zero-order chi connectivity index (χ0) is 21.7. The number of amides is 1. The third-order valence-electron chi connectivity index (χ3n) is 4.36. The second-order valence-corrected chi connectivity index (χ2v) is 10.6. The van der Waals surface area contributed by atoms with Crippen LogP contribution >= 0.6 is 23.1 Å². The van der Waals surface area contributed by atoms with Gasteiger partial charge in [-0.25, -0.2) is 18.1 Å². The Labute approximate surface area is 188 Å². The highest BCUT2D eigenvalue weighted by atomic mass is 32.2. The molecule has 0 radical (unpaired) electrons.